The Labute approximate surface area is 207 Å². The van der Waals surface area contributed by atoms with Crippen molar-refractivity contribution in [3.63, 3.8) is 0 Å². The van der Waals surface area contributed by atoms with E-state index in [0.29, 0.717) is 23.8 Å². The van der Waals surface area contributed by atoms with Gasteiger partial charge in [0, 0.05) is 42.6 Å². The average molecular weight is 466 g/mol. The van der Waals surface area contributed by atoms with Crippen LogP contribution in [-0.2, 0) is 6.54 Å². The van der Waals surface area contributed by atoms with Crippen molar-refractivity contribution < 1.29 is 4.79 Å². The first-order valence-corrected chi connectivity index (χ1v) is 11.9. The van der Waals surface area contributed by atoms with E-state index in [1.165, 1.54) is 11.1 Å². The Balaban J connectivity index is 1.34. The van der Waals surface area contributed by atoms with Crippen LogP contribution >= 0.6 is 0 Å². The van der Waals surface area contributed by atoms with Crippen LogP contribution in [-0.4, -0.2) is 40.4 Å². The summed E-state index contributed by atoms with van der Waals surface area (Å²) in [6, 6.07) is 27.8. The summed E-state index contributed by atoms with van der Waals surface area (Å²) in [6.45, 7) is 7.36. The molecule has 0 aliphatic carbocycles. The lowest BCUT2D eigenvalue weighted by Crippen LogP contribution is -2.34. The third-order valence-corrected chi connectivity index (χ3v) is 5.77. The molecule has 1 amide bonds. The fourth-order valence-corrected chi connectivity index (χ4v) is 3.78. The number of carbonyl (C=O) groups is 1. The Hall–Kier alpha value is -4.03. The zero-order valence-electron chi connectivity index (χ0n) is 20.2. The van der Waals surface area contributed by atoms with E-state index in [-0.39, 0.29) is 5.91 Å². The first-order chi connectivity index (χ1) is 17.1. The van der Waals surface area contributed by atoms with Crippen LogP contribution in [0.5, 0.6) is 0 Å². The molecule has 1 aromatic heterocycles. The first-order valence-electron chi connectivity index (χ1n) is 11.9. The summed E-state index contributed by atoms with van der Waals surface area (Å²) >= 11 is 0. The molecule has 0 spiro atoms. The second kappa shape index (κ2) is 11.9. The molecule has 0 saturated heterocycles. The van der Waals surface area contributed by atoms with Crippen molar-refractivity contribution in [3.8, 4) is 11.4 Å². The molecule has 35 heavy (non-hydrogen) atoms. The number of nitrogens with one attached hydrogen (secondary N) is 2. The van der Waals surface area contributed by atoms with Gasteiger partial charge >= 0.3 is 0 Å². The molecule has 1 heterocycles. The number of likely N-dealkylation sites (N-methyl/N-ethyl adjacent to an activating group) is 1. The van der Waals surface area contributed by atoms with Crippen LogP contribution in [0.3, 0.4) is 0 Å². The van der Waals surface area contributed by atoms with Gasteiger partial charge in [0.05, 0.1) is 0 Å². The summed E-state index contributed by atoms with van der Waals surface area (Å²) in [5.41, 5.74) is 4.83. The smallest absolute Gasteiger partial charge is 0.251 e. The van der Waals surface area contributed by atoms with Crippen molar-refractivity contribution >= 4 is 17.4 Å². The maximum atomic E-state index is 12.8. The second-order valence-electron chi connectivity index (χ2n) is 8.45. The van der Waals surface area contributed by atoms with Crippen LogP contribution in [0, 0.1) is 6.92 Å². The first kappa shape index (κ1) is 24.1. The largest absolute Gasteiger partial charge is 0.351 e. The lowest BCUT2D eigenvalue weighted by atomic mass is 10.1. The zero-order valence-corrected chi connectivity index (χ0v) is 20.2. The Morgan fingerprint density at radius 3 is 2.51 bits per heavy atom. The molecular formula is C29H31N5O. The molecule has 0 fully saturated rings. The van der Waals surface area contributed by atoms with Crippen LogP contribution in [0.25, 0.3) is 11.4 Å². The number of aryl methyl sites for hydroxylation is 1. The van der Waals surface area contributed by atoms with Gasteiger partial charge in [0.1, 0.15) is 5.82 Å². The van der Waals surface area contributed by atoms with Crippen LogP contribution in [0.1, 0.15) is 28.4 Å². The molecule has 4 aromatic rings. The maximum Gasteiger partial charge on any atom is 0.251 e. The van der Waals surface area contributed by atoms with E-state index in [0.717, 1.165) is 30.9 Å². The van der Waals surface area contributed by atoms with E-state index in [1.54, 1.807) is 6.20 Å². The number of benzene rings is 3. The molecule has 0 atom stereocenters. The molecule has 0 aliphatic rings. The summed E-state index contributed by atoms with van der Waals surface area (Å²) < 4.78 is 0. The number of rotatable bonds is 10. The maximum absolute atomic E-state index is 12.8. The van der Waals surface area contributed by atoms with Crippen molar-refractivity contribution in [3.05, 3.63) is 108 Å². The molecule has 0 bridgehead atoms. The van der Waals surface area contributed by atoms with Gasteiger partial charge in [-0.1, -0.05) is 73.2 Å². The monoisotopic (exact) mass is 465 g/mol. The standard InChI is InChI=1S/C29H31N5O/c1-3-34(21-23-8-5-4-6-9-23)19-18-31-29(35)25-10-7-11-26(20-25)32-27-16-17-30-28(33-27)24-14-12-22(2)13-15-24/h4-17,20H,3,18-19,21H2,1-2H3,(H,31,35)(H,30,32,33). The van der Waals surface area contributed by atoms with Gasteiger partial charge in [-0.2, -0.15) is 0 Å². The highest BCUT2D eigenvalue weighted by Gasteiger charge is 2.09. The predicted octanol–water partition coefficient (Wildman–Crippen LogP) is 5.45. The number of aromatic nitrogens is 2. The van der Waals surface area contributed by atoms with E-state index < -0.39 is 0 Å². The summed E-state index contributed by atoms with van der Waals surface area (Å²) in [5, 5.41) is 6.33. The van der Waals surface area contributed by atoms with Gasteiger partial charge in [-0.3, -0.25) is 9.69 Å². The number of nitrogens with zero attached hydrogens (tertiary/aromatic N) is 3. The summed E-state index contributed by atoms with van der Waals surface area (Å²) in [7, 11) is 0. The third kappa shape index (κ3) is 6.98. The van der Waals surface area contributed by atoms with Gasteiger partial charge < -0.3 is 10.6 Å². The molecule has 0 aliphatic heterocycles. The summed E-state index contributed by atoms with van der Waals surface area (Å²) in [5.74, 6) is 1.24. The van der Waals surface area contributed by atoms with Crippen LogP contribution in [0.4, 0.5) is 11.5 Å². The van der Waals surface area contributed by atoms with Gasteiger partial charge in [0.25, 0.3) is 5.91 Å². The van der Waals surface area contributed by atoms with Gasteiger partial charge in [-0.25, -0.2) is 9.97 Å². The molecule has 6 heteroatoms. The molecule has 178 valence electrons. The Bertz CT molecular complexity index is 1240. The van der Waals surface area contributed by atoms with Gasteiger partial charge in [-0.15, -0.1) is 0 Å². The topological polar surface area (TPSA) is 70.2 Å². The van der Waals surface area contributed by atoms with E-state index in [2.05, 4.69) is 63.6 Å². The fourth-order valence-electron chi connectivity index (χ4n) is 3.78. The highest BCUT2D eigenvalue weighted by Crippen LogP contribution is 2.20. The molecule has 0 unspecified atom stereocenters. The summed E-state index contributed by atoms with van der Waals surface area (Å²) in [6.07, 6.45) is 1.73. The average Bonchev–Trinajstić information content (AvgIpc) is 2.89. The molecule has 2 N–H and O–H groups in total. The quantitative estimate of drug-likeness (QED) is 0.326. The third-order valence-electron chi connectivity index (χ3n) is 5.77. The lowest BCUT2D eigenvalue weighted by Gasteiger charge is -2.20. The highest BCUT2D eigenvalue weighted by atomic mass is 16.1. The molecule has 0 radical (unpaired) electrons. The number of carbonyl (C=O) groups excluding carboxylic acids is 1. The number of anilines is 2. The number of hydrogen-bond donors (Lipinski definition) is 2. The minimum absolute atomic E-state index is 0.0903. The molecule has 3 aromatic carbocycles. The molecule has 4 rings (SSSR count). The highest BCUT2D eigenvalue weighted by molar-refractivity contribution is 5.95. The number of hydrogen-bond acceptors (Lipinski definition) is 5. The lowest BCUT2D eigenvalue weighted by molar-refractivity contribution is 0.0948. The summed E-state index contributed by atoms with van der Waals surface area (Å²) in [4.78, 5) is 24.1. The van der Waals surface area contributed by atoms with Crippen LogP contribution < -0.4 is 10.6 Å². The Kier molecular flexibility index (Phi) is 8.20. The normalized spacial score (nSPS) is 10.8. The van der Waals surface area contributed by atoms with E-state index in [9.17, 15) is 4.79 Å². The van der Waals surface area contributed by atoms with Crippen LogP contribution in [0.15, 0.2) is 91.1 Å². The van der Waals surface area contributed by atoms with Gasteiger partial charge in [0.2, 0.25) is 0 Å². The molecule has 0 saturated carbocycles. The zero-order chi connectivity index (χ0) is 24.5. The minimum atomic E-state index is -0.0903. The van der Waals surface area contributed by atoms with Gasteiger partial charge in [0.15, 0.2) is 5.82 Å². The van der Waals surface area contributed by atoms with Crippen LogP contribution in [0.2, 0.25) is 0 Å². The van der Waals surface area contributed by atoms with Crippen molar-refractivity contribution in [1.29, 1.82) is 0 Å². The SMILES string of the molecule is CCN(CCNC(=O)c1cccc(Nc2ccnc(-c3ccc(C)cc3)n2)c1)Cc1ccccc1. The Morgan fingerprint density at radius 2 is 1.74 bits per heavy atom. The van der Waals surface area contributed by atoms with Crippen molar-refractivity contribution in [1.82, 2.24) is 20.2 Å². The van der Waals surface area contributed by atoms with E-state index >= 15 is 0 Å². The van der Waals surface area contributed by atoms with Crippen molar-refractivity contribution in [2.24, 2.45) is 0 Å². The fraction of sp³-hybridized carbons (Fsp3) is 0.207. The molecule has 6 nitrogen and oxygen atoms in total. The second-order valence-corrected chi connectivity index (χ2v) is 8.45. The van der Waals surface area contributed by atoms with Crippen molar-refractivity contribution in [2.75, 3.05) is 25.0 Å². The van der Waals surface area contributed by atoms with E-state index in [1.807, 2.05) is 60.7 Å². The van der Waals surface area contributed by atoms with E-state index in [4.69, 9.17) is 0 Å². The molecular weight excluding hydrogens is 434 g/mol. The predicted molar refractivity (Wildman–Crippen MR) is 142 cm³/mol. The number of amides is 1. The minimum Gasteiger partial charge on any atom is -0.351 e. The van der Waals surface area contributed by atoms with Crippen molar-refractivity contribution in [2.45, 2.75) is 20.4 Å². The van der Waals surface area contributed by atoms with Gasteiger partial charge in [-0.05, 0) is 43.3 Å². The Morgan fingerprint density at radius 1 is 0.943 bits per heavy atom.